The quantitative estimate of drug-likeness (QED) is 0.445. The summed E-state index contributed by atoms with van der Waals surface area (Å²) in [5.41, 5.74) is -0.436. The Kier molecular flexibility index (Phi) is 16.0. The third-order valence-electron chi connectivity index (χ3n) is 3.92. The molecule has 3 heteroatoms. The van der Waals surface area contributed by atoms with Crippen LogP contribution in [-0.2, 0) is 4.79 Å². The van der Waals surface area contributed by atoms with E-state index in [9.17, 15) is 9.90 Å². The van der Waals surface area contributed by atoms with E-state index in [1.54, 1.807) is 0 Å². The van der Waals surface area contributed by atoms with Crippen molar-refractivity contribution in [1.82, 2.24) is 0 Å². The number of aliphatic carboxylic acids is 1. The van der Waals surface area contributed by atoms with Crippen LogP contribution in [0.2, 0.25) is 0 Å². The van der Waals surface area contributed by atoms with E-state index >= 15 is 0 Å². The first-order valence-corrected chi connectivity index (χ1v) is 7.86. The van der Waals surface area contributed by atoms with E-state index in [0.29, 0.717) is 0 Å². The molecular weight excluding hydrogens is 368 g/mol. The predicted molar refractivity (Wildman–Crippen MR) is 77.9 cm³/mol. The Labute approximate surface area is 152 Å². The first kappa shape index (κ1) is 22.1. The molecule has 19 heavy (non-hydrogen) atoms. The maximum atomic E-state index is 11.6. The predicted octanol–water partition coefficient (Wildman–Crippen LogP) is 5.41. The fraction of sp³-hybridized carbons (Fsp3) is 0.938. The molecule has 0 unspecified atom stereocenters. The Balaban J connectivity index is 0. The van der Waals surface area contributed by atoms with Gasteiger partial charge in [0.05, 0.1) is 5.41 Å². The molecule has 0 aromatic carbocycles. The van der Waals surface area contributed by atoms with E-state index in [1.165, 1.54) is 32.1 Å². The number of rotatable bonds is 12. The molecule has 0 amide bonds. The van der Waals surface area contributed by atoms with E-state index in [2.05, 4.69) is 20.8 Å². The van der Waals surface area contributed by atoms with Crippen LogP contribution in [0.15, 0.2) is 0 Å². The third kappa shape index (κ3) is 9.38. The first-order chi connectivity index (χ1) is 8.63. The fourth-order valence-corrected chi connectivity index (χ4v) is 2.90. The molecule has 0 aliphatic carbocycles. The largest absolute Gasteiger partial charge is 0.481 e. The van der Waals surface area contributed by atoms with Crippen LogP contribution < -0.4 is 0 Å². The van der Waals surface area contributed by atoms with Crippen molar-refractivity contribution >= 4 is 5.97 Å². The van der Waals surface area contributed by atoms with Gasteiger partial charge in [0.15, 0.2) is 0 Å². The van der Waals surface area contributed by atoms with Crippen LogP contribution >= 0.6 is 0 Å². The summed E-state index contributed by atoms with van der Waals surface area (Å²) in [4.78, 5) is 11.6. The number of carboxylic acids is 1. The molecule has 0 bridgehead atoms. The van der Waals surface area contributed by atoms with Crippen LogP contribution in [0.3, 0.4) is 0 Å². The maximum absolute atomic E-state index is 11.6. The van der Waals surface area contributed by atoms with Gasteiger partial charge in [-0.1, -0.05) is 72.1 Å². The van der Waals surface area contributed by atoms with Gasteiger partial charge in [-0.3, -0.25) is 4.79 Å². The Bertz CT molecular complexity index is 211. The van der Waals surface area contributed by atoms with E-state index in [4.69, 9.17) is 0 Å². The molecule has 0 fully saturated rings. The number of carbonyl (C=O) groups is 1. The molecule has 0 atom stereocenters. The summed E-state index contributed by atoms with van der Waals surface area (Å²) < 4.78 is 0. The SMILES string of the molecule is CCCCCCCCC(CCC)(CCC)C(=O)O.[Nd]. The maximum Gasteiger partial charge on any atom is 0.309 e. The van der Waals surface area contributed by atoms with Gasteiger partial charge in [0.1, 0.15) is 0 Å². The van der Waals surface area contributed by atoms with Gasteiger partial charge in [0.2, 0.25) is 0 Å². The first-order valence-electron chi connectivity index (χ1n) is 7.86. The van der Waals surface area contributed by atoms with Gasteiger partial charge < -0.3 is 5.11 Å². The summed E-state index contributed by atoms with van der Waals surface area (Å²) >= 11 is 0. The molecule has 0 saturated heterocycles. The molecule has 0 aromatic rings. The summed E-state index contributed by atoms with van der Waals surface area (Å²) in [5.74, 6) is -0.570. The Morgan fingerprint density at radius 1 is 0.789 bits per heavy atom. The van der Waals surface area contributed by atoms with Crippen molar-refractivity contribution in [1.29, 1.82) is 0 Å². The van der Waals surface area contributed by atoms with E-state index in [1.807, 2.05) is 0 Å². The molecule has 0 radical (unpaired) electrons. The van der Waals surface area contributed by atoms with Crippen molar-refractivity contribution in [3.63, 3.8) is 0 Å². The topological polar surface area (TPSA) is 37.3 Å². The summed E-state index contributed by atoms with van der Waals surface area (Å²) in [6.07, 6.45) is 11.9. The number of unbranched alkanes of at least 4 members (excludes halogenated alkanes) is 5. The Hall–Kier alpha value is 0.821. The summed E-state index contributed by atoms with van der Waals surface area (Å²) in [5, 5.41) is 9.53. The third-order valence-corrected chi connectivity index (χ3v) is 3.92. The molecule has 112 valence electrons. The van der Waals surface area contributed by atoms with Crippen LogP contribution in [0.5, 0.6) is 0 Å². The molecule has 0 aliphatic heterocycles. The van der Waals surface area contributed by atoms with Crippen molar-refractivity contribution < 1.29 is 50.7 Å². The van der Waals surface area contributed by atoms with Gasteiger partial charge in [-0.15, -0.1) is 0 Å². The second kappa shape index (κ2) is 13.8. The molecule has 0 saturated carbocycles. The van der Waals surface area contributed by atoms with E-state index in [-0.39, 0.29) is 40.8 Å². The minimum absolute atomic E-state index is 0. The summed E-state index contributed by atoms with van der Waals surface area (Å²) in [7, 11) is 0. The van der Waals surface area contributed by atoms with E-state index in [0.717, 1.165) is 38.5 Å². The van der Waals surface area contributed by atoms with E-state index < -0.39 is 11.4 Å². The summed E-state index contributed by atoms with van der Waals surface area (Å²) in [6, 6.07) is 0. The number of hydrogen-bond donors (Lipinski definition) is 1. The molecule has 0 rings (SSSR count). The normalized spacial score (nSPS) is 11.1. The second-order valence-corrected chi connectivity index (χ2v) is 5.60. The van der Waals surface area contributed by atoms with Crippen molar-refractivity contribution in [3.8, 4) is 0 Å². The number of hydrogen-bond acceptors (Lipinski definition) is 1. The minimum atomic E-state index is -0.570. The molecule has 0 aliphatic rings. The minimum Gasteiger partial charge on any atom is -0.481 e. The van der Waals surface area contributed by atoms with Crippen LogP contribution in [0.25, 0.3) is 0 Å². The molecular formula is C16H32NdO2. The number of carboxylic acid groups (broad SMARTS) is 1. The van der Waals surface area contributed by atoms with Crippen LogP contribution in [0, 0.1) is 46.3 Å². The zero-order valence-corrected chi connectivity index (χ0v) is 16.3. The van der Waals surface area contributed by atoms with Crippen molar-refractivity contribution in [2.75, 3.05) is 0 Å². The zero-order chi connectivity index (χ0) is 13.9. The van der Waals surface area contributed by atoms with Crippen molar-refractivity contribution in [3.05, 3.63) is 0 Å². The van der Waals surface area contributed by atoms with Crippen molar-refractivity contribution in [2.24, 2.45) is 5.41 Å². The van der Waals surface area contributed by atoms with Gasteiger partial charge in [0.25, 0.3) is 0 Å². The van der Waals surface area contributed by atoms with Gasteiger partial charge in [-0.05, 0) is 19.3 Å². The van der Waals surface area contributed by atoms with Gasteiger partial charge in [0, 0.05) is 40.8 Å². The van der Waals surface area contributed by atoms with Crippen molar-refractivity contribution in [2.45, 2.75) is 91.4 Å². The van der Waals surface area contributed by atoms with Crippen LogP contribution in [-0.4, -0.2) is 11.1 Å². The van der Waals surface area contributed by atoms with Gasteiger partial charge in [-0.2, -0.15) is 0 Å². The Morgan fingerprint density at radius 3 is 1.68 bits per heavy atom. The monoisotopic (exact) mass is 398 g/mol. The van der Waals surface area contributed by atoms with Gasteiger partial charge in [-0.25, -0.2) is 0 Å². The molecule has 0 aromatic heterocycles. The fourth-order valence-electron chi connectivity index (χ4n) is 2.90. The molecule has 0 heterocycles. The Morgan fingerprint density at radius 2 is 1.26 bits per heavy atom. The van der Waals surface area contributed by atoms with Crippen LogP contribution in [0.1, 0.15) is 91.4 Å². The van der Waals surface area contributed by atoms with Gasteiger partial charge >= 0.3 is 5.97 Å². The smallest absolute Gasteiger partial charge is 0.309 e. The average molecular weight is 401 g/mol. The zero-order valence-electron chi connectivity index (χ0n) is 13.1. The molecule has 0 spiro atoms. The average Bonchev–Trinajstić information content (AvgIpc) is 2.33. The van der Waals surface area contributed by atoms with Crippen LogP contribution in [0.4, 0.5) is 0 Å². The molecule has 1 N–H and O–H groups in total. The second-order valence-electron chi connectivity index (χ2n) is 5.60. The standard InChI is InChI=1S/C16H32O2.Nd/c1-4-7-8-9-10-11-14-16(12-5-2,13-6-3)15(17)18;/h4-14H2,1-3H3,(H,17,18);. The molecule has 2 nitrogen and oxygen atoms in total. The summed E-state index contributed by atoms with van der Waals surface area (Å²) in [6.45, 7) is 6.40.